The standard InChI is InChI=1S/C17H18N2/c1-19(2)17(13-8-4-3-5-9-13)15-12-18-16-11-7-6-10-14(15)16/h3-12,17-18H,1-2H3. The Hall–Kier alpha value is -2.06. The molecule has 96 valence electrons. The maximum atomic E-state index is 3.37. The van der Waals surface area contributed by atoms with Crippen molar-refractivity contribution < 1.29 is 0 Å². The third-order valence-electron chi connectivity index (χ3n) is 3.55. The summed E-state index contributed by atoms with van der Waals surface area (Å²) >= 11 is 0. The number of hydrogen-bond acceptors (Lipinski definition) is 1. The van der Waals surface area contributed by atoms with Crippen LogP contribution in [-0.2, 0) is 0 Å². The van der Waals surface area contributed by atoms with Gasteiger partial charge in [0.2, 0.25) is 0 Å². The van der Waals surface area contributed by atoms with Gasteiger partial charge in [-0.15, -0.1) is 0 Å². The molecule has 3 aromatic rings. The first-order valence-electron chi connectivity index (χ1n) is 6.55. The van der Waals surface area contributed by atoms with Gasteiger partial charge in [0.25, 0.3) is 0 Å². The van der Waals surface area contributed by atoms with Crippen molar-refractivity contribution in [3.05, 3.63) is 71.9 Å². The molecular weight excluding hydrogens is 232 g/mol. The Labute approximate surface area is 113 Å². The van der Waals surface area contributed by atoms with Gasteiger partial charge < -0.3 is 4.98 Å². The van der Waals surface area contributed by atoms with Crippen LogP contribution in [0.3, 0.4) is 0 Å². The van der Waals surface area contributed by atoms with Crippen LogP contribution in [0.15, 0.2) is 60.8 Å². The average molecular weight is 250 g/mol. The topological polar surface area (TPSA) is 19.0 Å². The molecule has 0 aliphatic carbocycles. The van der Waals surface area contributed by atoms with E-state index in [4.69, 9.17) is 0 Å². The smallest absolute Gasteiger partial charge is 0.0617 e. The summed E-state index contributed by atoms with van der Waals surface area (Å²) in [5.41, 5.74) is 3.84. The van der Waals surface area contributed by atoms with E-state index in [9.17, 15) is 0 Å². The SMILES string of the molecule is CN(C)C(c1ccccc1)c1c[nH]c2ccccc12. The van der Waals surface area contributed by atoms with Crippen LogP contribution < -0.4 is 0 Å². The van der Waals surface area contributed by atoms with E-state index >= 15 is 0 Å². The quantitative estimate of drug-likeness (QED) is 0.748. The zero-order valence-corrected chi connectivity index (χ0v) is 11.3. The monoisotopic (exact) mass is 250 g/mol. The molecule has 0 spiro atoms. The van der Waals surface area contributed by atoms with Crippen molar-refractivity contribution in [2.45, 2.75) is 6.04 Å². The number of H-pyrrole nitrogens is 1. The molecule has 2 heteroatoms. The number of hydrogen-bond donors (Lipinski definition) is 1. The number of aromatic amines is 1. The van der Waals surface area contributed by atoms with Gasteiger partial charge in [-0.3, -0.25) is 4.90 Å². The first-order valence-corrected chi connectivity index (χ1v) is 6.55. The van der Waals surface area contributed by atoms with Gasteiger partial charge >= 0.3 is 0 Å². The van der Waals surface area contributed by atoms with Gasteiger partial charge in [-0.25, -0.2) is 0 Å². The van der Waals surface area contributed by atoms with E-state index in [-0.39, 0.29) is 6.04 Å². The maximum Gasteiger partial charge on any atom is 0.0617 e. The zero-order chi connectivity index (χ0) is 13.2. The number of para-hydroxylation sites is 1. The number of nitrogens with zero attached hydrogens (tertiary/aromatic N) is 1. The minimum atomic E-state index is 0.275. The zero-order valence-electron chi connectivity index (χ0n) is 11.3. The summed E-state index contributed by atoms with van der Waals surface area (Å²) in [5, 5.41) is 1.30. The minimum Gasteiger partial charge on any atom is -0.361 e. The molecule has 1 unspecified atom stereocenters. The summed E-state index contributed by atoms with van der Waals surface area (Å²) in [5.74, 6) is 0. The number of benzene rings is 2. The van der Waals surface area contributed by atoms with Crippen molar-refractivity contribution in [2.75, 3.05) is 14.1 Å². The molecule has 0 bridgehead atoms. The summed E-state index contributed by atoms with van der Waals surface area (Å²) in [6.07, 6.45) is 2.13. The Morgan fingerprint density at radius 2 is 1.58 bits per heavy atom. The van der Waals surface area contributed by atoms with Gasteiger partial charge in [0.05, 0.1) is 6.04 Å². The highest BCUT2D eigenvalue weighted by Gasteiger charge is 2.19. The van der Waals surface area contributed by atoms with Crippen molar-refractivity contribution >= 4 is 10.9 Å². The molecule has 1 atom stereocenters. The van der Waals surface area contributed by atoms with Crippen molar-refractivity contribution in [2.24, 2.45) is 0 Å². The fraction of sp³-hybridized carbons (Fsp3) is 0.176. The molecule has 0 amide bonds. The first kappa shape index (κ1) is 12.0. The van der Waals surface area contributed by atoms with E-state index in [1.54, 1.807) is 0 Å². The summed E-state index contributed by atoms with van der Waals surface area (Å²) < 4.78 is 0. The number of rotatable bonds is 3. The fourth-order valence-electron chi connectivity index (χ4n) is 2.71. The molecular formula is C17H18N2. The average Bonchev–Trinajstić information content (AvgIpc) is 2.84. The van der Waals surface area contributed by atoms with Gasteiger partial charge in [0.15, 0.2) is 0 Å². The van der Waals surface area contributed by atoms with Crippen molar-refractivity contribution in [1.82, 2.24) is 9.88 Å². The summed E-state index contributed by atoms with van der Waals surface area (Å²) in [7, 11) is 4.25. The second-order valence-electron chi connectivity index (χ2n) is 5.07. The lowest BCUT2D eigenvalue weighted by Gasteiger charge is -2.24. The van der Waals surface area contributed by atoms with Crippen molar-refractivity contribution in [3.8, 4) is 0 Å². The third kappa shape index (κ3) is 2.15. The Kier molecular flexibility index (Phi) is 3.10. The lowest BCUT2D eigenvalue weighted by atomic mass is 9.97. The number of nitrogens with one attached hydrogen (secondary N) is 1. The number of aromatic nitrogens is 1. The molecule has 0 saturated carbocycles. The highest BCUT2D eigenvalue weighted by atomic mass is 15.1. The Morgan fingerprint density at radius 3 is 2.32 bits per heavy atom. The first-order chi connectivity index (χ1) is 9.27. The van der Waals surface area contributed by atoms with E-state index < -0.39 is 0 Å². The normalized spacial score (nSPS) is 13.0. The Morgan fingerprint density at radius 1 is 0.895 bits per heavy atom. The van der Waals surface area contributed by atoms with Crippen LogP contribution in [0.1, 0.15) is 17.2 Å². The van der Waals surface area contributed by atoms with Crippen LogP contribution in [0.2, 0.25) is 0 Å². The van der Waals surface area contributed by atoms with Gasteiger partial charge in [0, 0.05) is 17.1 Å². The van der Waals surface area contributed by atoms with E-state index in [1.807, 2.05) is 0 Å². The molecule has 0 radical (unpaired) electrons. The molecule has 0 saturated heterocycles. The second kappa shape index (κ2) is 4.90. The molecule has 3 rings (SSSR count). The Bertz CT molecular complexity index is 668. The van der Waals surface area contributed by atoms with Crippen LogP contribution in [0.4, 0.5) is 0 Å². The molecule has 2 nitrogen and oxygen atoms in total. The lowest BCUT2D eigenvalue weighted by Crippen LogP contribution is -2.20. The molecule has 0 aliphatic rings. The van der Waals surface area contributed by atoms with Crippen LogP contribution in [0.5, 0.6) is 0 Å². The second-order valence-corrected chi connectivity index (χ2v) is 5.07. The number of fused-ring (bicyclic) bond motifs is 1. The van der Waals surface area contributed by atoms with Crippen LogP contribution in [0, 0.1) is 0 Å². The predicted octanol–water partition coefficient (Wildman–Crippen LogP) is 3.82. The molecule has 0 aliphatic heterocycles. The summed E-state index contributed by atoms with van der Waals surface area (Å²) in [6.45, 7) is 0. The molecule has 1 heterocycles. The van der Waals surface area contributed by atoms with Gasteiger partial charge in [-0.05, 0) is 31.3 Å². The van der Waals surface area contributed by atoms with Crippen LogP contribution >= 0.6 is 0 Å². The third-order valence-corrected chi connectivity index (χ3v) is 3.55. The summed E-state index contributed by atoms with van der Waals surface area (Å²) in [6, 6.07) is 19.4. The van der Waals surface area contributed by atoms with E-state index in [0.29, 0.717) is 0 Å². The van der Waals surface area contributed by atoms with Crippen LogP contribution in [-0.4, -0.2) is 24.0 Å². The van der Waals surface area contributed by atoms with E-state index in [1.165, 1.54) is 22.0 Å². The highest BCUT2D eigenvalue weighted by molar-refractivity contribution is 5.84. The molecule has 0 fully saturated rings. The minimum absolute atomic E-state index is 0.275. The largest absolute Gasteiger partial charge is 0.361 e. The molecule has 2 aromatic carbocycles. The van der Waals surface area contributed by atoms with E-state index in [0.717, 1.165) is 0 Å². The molecule has 1 aromatic heterocycles. The molecule has 19 heavy (non-hydrogen) atoms. The van der Waals surface area contributed by atoms with Crippen molar-refractivity contribution in [1.29, 1.82) is 0 Å². The summed E-state index contributed by atoms with van der Waals surface area (Å²) in [4.78, 5) is 5.62. The molecule has 1 N–H and O–H groups in total. The fourth-order valence-corrected chi connectivity index (χ4v) is 2.71. The Balaban J connectivity index is 2.16. The lowest BCUT2D eigenvalue weighted by molar-refractivity contribution is 0.344. The van der Waals surface area contributed by atoms with Gasteiger partial charge in [-0.2, -0.15) is 0 Å². The van der Waals surface area contributed by atoms with Gasteiger partial charge in [-0.1, -0.05) is 48.5 Å². The van der Waals surface area contributed by atoms with Gasteiger partial charge in [0.1, 0.15) is 0 Å². The predicted molar refractivity (Wildman–Crippen MR) is 80.3 cm³/mol. The van der Waals surface area contributed by atoms with E-state index in [2.05, 4.69) is 84.8 Å². The van der Waals surface area contributed by atoms with Crippen LogP contribution in [0.25, 0.3) is 10.9 Å². The van der Waals surface area contributed by atoms with Crippen molar-refractivity contribution in [3.63, 3.8) is 0 Å². The highest BCUT2D eigenvalue weighted by Crippen LogP contribution is 2.31. The maximum absolute atomic E-state index is 3.37.